The van der Waals surface area contributed by atoms with Gasteiger partial charge in [0.15, 0.2) is 0 Å². The molecular formula is C15H11NO2. The number of aromatic nitrogens is 1. The molecule has 0 saturated carbocycles. The first-order chi connectivity index (χ1) is 8.68. The number of carboxylic acid groups (broad SMARTS) is 1. The molecule has 0 aliphatic rings. The molecule has 0 spiro atoms. The molecule has 0 radical (unpaired) electrons. The highest BCUT2D eigenvalue weighted by atomic mass is 16.4. The van der Waals surface area contributed by atoms with E-state index >= 15 is 0 Å². The number of hydrogen-bond donors (Lipinski definition) is 2. The average Bonchev–Trinajstić information content (AvgIpc) is 2.76. The predicted octanol–water partition coefficient (Wildman–Crippen LogP) is 3.42. The molecule has 0 fully saturated rings. The first-order valence-corrected chi connectivity index (χ1v) is 5.60. The zero-order chi connectivity index (χ0) is 12.7. The molecule has 3 heteroatoms. The van der Waals surface area contributed by atoms with Gasteiger partial charge >= 0.3 is 5.97 Å². The largest absolute Gasteiger partial charge is 0.478 e. The molecule has 2 N–H and O–H groups in total. The van der Waals surface area contributed by atoms with Crippen LogP contribution in [-0.4, -0.2) is 16.1 Å². The molecule has 3 aromatic rings. The third-order valence-electron chi connectivity index (χ3n) is 3.12. The lowest BCUT2D eigenvalue weighted by Gasteiger charge is -2.02. The fourth-order valence-electron chi connectivity index (χ4n) is 2.24. The van der Waals surface area contributed by atoms with Crippen LogP contribution in [0.15, 0.2) is 49.0 Å². The summed E-state index contributed by atoms with van der Waals surface area (Å²) in [6, 6.07) is 13.5. The van der Waals surface area contributed by atoms with Gasteiger partial charge in [-0.25, -0.2) is 4.79 Å². The monoisotopic (exact) mass is 237 g/mol. The Labute approximate surface area is 103 Å². The Balaban J connectivity index is 2.41. The number of carbonyl (C=O) groups is 1. The molecule has 1 heterocycles. The van der Waals surface area contributed by atoms with Gasteiger partial charge in [0.05, 0.1) is 11.1 Å². The van der Waals surface area contributed by atoms with Crippen LogP contribution >= 0.6 is 0 Å². The summed E-state index contributed by atoms with van der Waals surface area (Å²) < 4.78 is 0. The van der Waals surface area contributed by atoms with Gasteiger partial charge in [-0.15, -0.1) is 0 Å². The minimum absolute atomic E-state index is 0.104. The van der Waals surface area contributed by atoms with E-state index in [4.69, 9.17) is 5.11 Å². The summed E-state index contributed by atoms with van der Waals surface area (Å²) in [4.78, 5) is 14.3. The van der Waals surface area contributed by atoms with E-state index in [9.17, 15) is 4.79 Å². The highest BCUT2D eigenvalue weighted by molar-refractivity contribution is 6.20. The van der Waals surface area contributed by atoms with E-state index in [0.717, 1.165) is 21.8 Å². The third kappa shape index (κ3) is 1.41. The first kappa shape index (κ1) is 10.6. The van der Waals surface area contributed by atoms with Crippen molar-refractivity contribution in [3.05, 3.63) is 54.6 Å². The normalized spacial score (nSPS) is 10.9. The van der Waals surface area contributed by atoms with Crippen molar-refractivity contribution in [1.82, 2.24) is 4.98 Å². The Bertz CT molecular complexity index is 783. The van der Waals surface area contributed by atoms with Crippen LogP contribution < -0.4 is 0 Å². The Morgan fingerprint density at radius 2 is 1.78 bits per heavy atom. The molecular weight excluding hydrogens is 226 g/mol. The second-order valence-electron chi connectivity index (χ2n) is 4.18. The number of aromatic amines is 1. The predicted molar refractivity (Wildman–Crippen MR) is 72.5 cm³/mol. The first-order valence-electron chi connectivity index (χ1n) is 5.60. The van der Waals surface area contributed by atoms with Crippen molar-refractivity contribution < 1.29 is 9.90 Å². The summed E-state index contributed by atoms with van der Waals surface area (Å²) in [5, 5.41) is 11.2. The van der Waals surface area contributed by atoms with Crippen LogP contribution in [0.2, 0.25) is 0 Å². The van der Waals surface area contributed by atoms with Crippen molar-refractivity contribution in [1.29, 1.82) is 0 Å². The van der Waals surface area contributed by atoms with Crippen LogP contribution in [-0.2, 0) is 4.79 Å². The number of hydrogen-bond acceptors (Lipinski definition) is 1. The molecule has 88 valence electrons. The van der Waals surface area contributed by atoms with E-state index in [0.29, 0.717) is 5.56 Å². The standard InChI is InChI=1S/C15H11NO2/c1-9(15(17)18)10-6-4-7-12-11-5-2-3-8-13(11)16-14(10)12/h2-8,16H,1H2,(H,17,18). The summed E-state index contributed by atoms with van der Waals surface area (Å²) in [6.07, 6.45) is 0. The van der Waals surface area contributed by atoms with Crippen molar-refractivity contribution in [3.8, 4) is 0 Å². The maximum atomic E-state index is 11.0. The summed E-state index contributed by atoms with van der Waals surface area (Å²) >= 11 is 0. The summed E-state index contributed by atoms with van der Waals surface area (Å²) in [5.41, 5.74) is 2.56. The van der Waals surface area contributed by atoms with Gasteiger partial charge in [-0.1, -0.05) is 43.0 Å². The van der Waals surface area contributed by atoms with E-state index < -0.39 is 5.97 Å². The lowest BCUT2D eigenvalue weighted by molar-refractivity contribution is -0.130. The van der Waals surface area contributed by atoms with Crippen LogP contribution in [0, 0.1) is 0 Å². The number of fused-ring (bicyclic) bond motifs is 3. The van der Waals surface area contributed by atoms with Gasteiger partial charge in [-0.3, -0.25) is 0 Å². The number of aliphatic carboxylic acids is 1. The Hall–Kier alpha value is -2.55. The molecule has 2 aromatic carbocycles. The summed E-state index contributed by atoms with van der Waals surface area (Å²) in [5.74, 6) is -0.999. The van der Waals surface area contributed by atoms with Gasteiger partial charge in [0.25, 0.3) is 0 Å². The van der Waals surface area contributed by atoms with E-state index in [1.54, 1.807) is 6.07 Å². The van der Waals surface area contributed by atoms with Crippen LogP contribution in [0.4, 0.5) is 0 Å². The number of nitrogens with one attached hydrogen (secondary N) is 1. The molecule has 0 amide bonds. The van der Waals surface area contributed by atoms with Gasteiger partial charge in [-0.2, -0.15) is 0 Å². The maximum Gasteiger partial charge on any atom is 0.335 e. The van der Waals surface area contributed by atoms with Crippen molar-refractivity contribution in [2.75, 3.05) is 0 Å². The van der Waals surface area contributed by atoms with Crippen LogP contribution in [0.3, 0.4) is 0 Å². The van der Waals surface area contributed by atoms with Gasteiger partial charge < -0.3 is 10.1 Å². The number of benzene rings is 2. The SMILES string of the molecule is C=C(C(=O)O)c1cccc2c1[nH]c1ccccc12. The van der Waals surface area contributed by atoms with E-state index in [2.05, 4.69) is 11.6 Å². The van der Waals surface area contributed by atoms with Gasteiger partial charge in [0, 0.05) is 21.9 Å². The molecule has 0 atom stereocenters. The van der Waals surface area contributed by atoms with E-state index in [-0.39, 0.29) is 5.57 Å². The molecule has 0 saturated heterocycles. The highest BCUT2D eigenvalue weighted by Crippen LogP contribution is 2.30. The molecule has 0 bridgehead atoms. The van der Waals surface area contributed by atoms with Crippen molar-refractivity contribution >= 4 is 33.3 Å². The zero-order valence-corrected chi connectivity index (χ0v) is 9.60. The third-order valence-corrected chi connectivity index (χ3v) is 3.12. The Morgan fingerprint density at radius 3 is 2.56 bits per heavy atom. The average molecular weight is 237 g/mol. The molecule has 3 rings (SSSR count). The lowest BCUT2D eigenvalue weighted by Crippen LogP contribution is -1.98. The summed E-state index contributed by atoms with van der Waals surface area (Å²) in [6.45, 7) is 3.63. The van der Waals surface area contributed by atoms with Crippen molar-refractivity contribution in [3.63, 3.8) is 0 Å². The minimum Gasteiger partial charge on any atom is -0.478 e. The number of H-pyrrole nitrogens is 1. The second kappa shape index (κ2) is 3.74. The minimum atomic E-state index is -0.999. The fourth-order valence-corrected chi connectivity index (χ4v) is 2.24. The zero-order valence-electron chi connectivity index (χ0n) is 9.60. The topological polar surface area (TPSA) is 53.1 Å². The quantitative estimate of drug-likeness (QED) is 0.671. The molecule has 1 aromatic heterocycles. The van der Waals surface area contributed by atoms with Gasteiger partial charge in [0.2, 0.25) is 0 Å². The Morgan fingerprint density at radius 1 is 1.06 bits per heavy atom. The van der Waals surface area contributed by atoms with E-state index in [1.807, 2.05) is 36.4 Å². The Kier molecular flexibility index (Phi) is 2.20. The number of rotatable bonds is 2. The van der Waals surface area contributed by atoms with Crippen molar-refractivity contribution in [2.24, 2.45) is 0 Å². The van der Waals surface area contributed by atoms with Crippen LogP contribution in [0.1, 0.15) is 5.56 Å². The smallest absolute Gasteiger partial charge is 0.335 e. The maximum absolute atomic E-state index is 11.0. The second-order valence-corrected chi connectivity index (χ2v) is 4.18. The van der Waals surface area contributed by atoms with E-state index in [1.165, 1.54) is 0 Å². The number of carboxylic acids is 1. The number of para-hydroxylation sites is 2. The van der Waals surface area contributed by atoms with Crippen LogP contribution in [0.25, 0.3) is 27.4 Å². The molecule has 0 aliphatic heterocycles. The van der Waals surface area contributed by atoms with Gasteiger partial charge in [0.1, 0.15) is 0 Å². The summed E-state index contributed by atoms with van der Waals surface area (Å²) in [7, 11) is 0. The van der Waals surface area contributed by atoms with Crippen LogP contribution in [0.5, 0.6) is 0 Å². The van der Waals surface area contributed by atoms with Crippen molar-refractivity contribution in [2.45, 2.75) is 0 Å². The molecule has 0 unspecified atom stereocenters. The highest BCUT2D eigenvalue weighted by Gasteiger charge is 2.13. The fraction of sp³-hybridized carbons (Fsp3) is 0. The lowest BCUT2D eigenvalue weighted by atomic mass is 10.0. The van der Waals surface area contributed by atoms with Gasteiger partial charge in [-0.05, 0) is 6.07 Å². The molecule has 0 aliphatic carbocycles. The molecule has 3 nitrogen and oxygen atoms in total. The molecule has 18 heavy (non-hydrogen) atoms.